The molecule has 1 aromatic rings. The van der Waals surface area contributed by atoms with Crippen molar-refractivity contribution in [3.63, 3.8) is 0 Å². The van der Waals surface area contributed by atoms with E-state index in [0.29, 0.717) is 0 Å². The highest BCUT2D eigenvalue weighted by atomic mass is 16.6. The highest BCUT2D eigenvalue weighted by Crippen LogP contribution is 2.11. The van der Waals surface area contributed by atoms with Crippen molar-refractivity contribution in [3.8, 4) is 0 Å². The highest BCUT2D eigenvalue weighted by molar-refractivity contribution is 5.10. The Morgan fingerprint density at radius 2 is 2.55 bits per heavy atom. The molecule has 1 rings (SSSR count). The van der Waals surface area contributed by atoms with Crippen LogP contribution in [0.25, 0.3) is 0 Å². The topological polar surface area (TPSA) is 81.2 Å². The molecule has 1 aromatic heterocycles. The van der Waals surface area contributed by atoms with Crippen molar-refractivity contribution >= 4 is 5.95 Å². The largest absolute Gasteiger partial charge is 0.437 e. The predicted molar refractivity (Wildman–Crippen MR) is 35.1 cm³/mol. The number of imidazole rings is 1. The molecule has 0 aromatic carbocycles. The Hall–Kier alpha value is -1.43. The first-order valence-corrected chi connectivity index (χ1v) is 2.83. The number of aromatic nitrogens is 2. The van der Waals surface area contributed by atoms with E-state index in [1.807, 2.05) is 0 Å². The number of nitrogens with zero attached hydrogens (tertiary/aromatic N) is 3. The third kappa shape index (κ3) is 1.35. The fraction of sp³-hybridized carbons (Fsp3) is 0.200. The van der Waals surface area contributed by atoms with Crippen LogP contribution in [0.3, 0.4) is 0 Å². The summed E-state index contributed by atoms with van der Waals surface area (Å²) in [5, 5.41) is 19.1. The van der Waals surface area contributed by atoms with Crippen molar-refractivity contribution in [2.45, 2.75) is 6.92 Å². The summed E-state index contributed by atoms with van der Waals surface area (Å²) in [4.78, 5) is 12.9. The molecule has 0 amide bonds. The summed E-state index contributed by atoms with van der Waals surface area (Å²) < 4.78 is 0.986. The van der Waals surface area contributed by atoms with E-state index in [2.05, 4.69) is 4.98 Å². The maximum Gasteiger partial charge on any atom is 0.437 e. The zero-order chi connectivity index (χ0) is 8.43. The number of rotatable bonds is 2. The van der Waals surface area contributed by atoms with Crippen molar-refractivity contribution in [1.82, 2.24) is 9.55 Å². The van der Waals surface area contributed by atoms with Gasteiger partial charge in [0.25, 0.3) is 6.23 Å². The number of nitro groups is 1. The SMILES string of the molecule is C[C](O)n1ccnc1[N+](=O)[O-]. The summed E-state index contributed by atoms with van der Waals surface area (Å²) in [7, 11) is 0. The number of aliphatic hydroxyl groups is 1. The Bertz CT molecular complexity index is 268. The van der Waals surface area contributed by atoms with Crippen molar-refractivity contribution in [1.29, 1.82) is 0 Å². The molecule has 0 atom stereocenters. The molecule has 0 bridgehead atoms. The van der Waals surface area contributed by atoms with E-state index in [0.717, 1.165) is 4.57 Å². The molecule has 6 nitrogen and oxygen atoms in total. The van der Waals surface area contributed by atoms with Crippen LogP contribution < -0.4 is 0 Å². The van der Waals surface area contributed by atoms with Gasteiger partial charge in [-0.05, 0) is 4.92 Å². The molecule has 0 saturated carbocycles. The van der Waals surface area contributed by atoms with Gasteiger partial charge in [-0.25, -0.2) is 0 Å². The molecule has 0 unspecified atom stereocenters. The van der Waals surface area contributed by atoms with Crippen LogP contribution in [0.15, 0.2) is 12.4 Å². The Balaban J connectivity index is 3.06. The van der Waals surface area contributed by atoms with Gasteiger partial charge in [0, 0.05) is 6.92 Å². The summed E-state index contributed by atoms with van der Waals surface area (Å²) in [6.07, 6.45) is 2.39. The standard InChI is InChI=1S/C5H6N3O3/c1-4(9)7-3-2-6-5(7)8(10)11/h2-3,9H,1H3. The minimum atomic E-state index is -0.667. The maximum absolute atomic E-state index is 10.2. The van der Waals surface area contributed by atoms with Crippen molar-refractivity contribution < 1.29 is 10.0 Å². The summed E-state index contributed by atoms with van der Waals surface area (Å²) >= 11 is 0. The lowest BCUT2D eigenvalue weighted by Gasteiger charge is -2.00. The van der Waals surface area contributed by atoms with Gasteiger partial charge in [0.05, 0.1) is 0 Å². The van der Waals surface area contributed by atoms with E-state index in [1.54, 1.807) is 0 Å². The molecule has 59 valence electrons. The molecule has 0 aliphatic carbocycles. The van der Waals surface area contributed by atoms with E-state index < -0.39 is 4.92 Å². The van der Waals surface area contributed by atoms with Gasteiger partial charge in [-0.1, -0.05) is 4.98 Å². The summed E-state index contributed by atoms with van der Waals surface area (Å²) in [6.45, 7) is 1.34. The van der Waals surface area contributed by atoms with Crippen LogP contribution in [0.2, 0.25) is 0 Å². The van der Waals surface area contributed by atoms with Gasteiger partial charge >= 0.3 is 5.95 Å². The van der Waals surface area contributed by atoms with Gasteiger partial charge in [-0.3, -0.25) is 0 Å². The second kappa shape index (κ2) is 2.67. The first-order chi connectivity index (χ1) is 5.13. The molecular weight excluding hydrogens is 150 g/mol. The van der Waals surface area contributed by atoms with Gasteiger partial charge in [-0.15, -0.1) is 0 Å². The van der Waals surface area contributed by atoms with E-state index in [-0.39, 0.29) is 12.2 Å². The zero-order valence-corrected chi connectivity index (χ0v) is 5.76. The monoisotopic (exact) mass is 156 g/mol. The lowest BCUT2D eigenvalue weighted by Crippen LogP contribution is -2.07. The molecule has 0 fully saturated rings. The van der Waals surface area contributed by atoms with Crippen LogP contribution in [-0.2, 0) is 0 Å². The summed E-state index contributed by atoms with van der Waals surface area (Å²) in [5.41, 5.74) is 0. The third-order valence-corrected chi connectivity index (χ3v) is 1.13. The number of aliphatic hydroxyl groups excluding tert-OH is 1. The van der Waals surface area contributed by atoms with Crippen molar-refractivity contribution in [2.75, 3.05) is 0 Å². The number of hydrogen-bond donors (Lipinski definition) is 1. The van der Waals surface area contributed by atoms with E-state index in [9.17, 15) is 10.1 Å². The molecule has 11 heavy (non-hydrogen) atoms. The lowest BCUT2D eigenvalue weighted by molar-refractivity contribution is -0.396. The first kappa shape index (κ1) is 7.67. The minimum Gasteiger partial charge on any atom is -0.390 e. The Kier molecular flexibility index (Phi) is 1.86. The van der Waals surface area contributed by atoms with Crippen LogP contribution >= 0.6 is 0 Å². The molecule has 0 spiro atoms. The Morgan fingerprint density at radius 3 is 2.91 bits per heavy atom. The highest BCUT2D eigenvalue weighted by Gasteiger charge is 2.18. The third-order valence-electron chi connectivity index (χ3n) is 1.13. The molecule has 1 heterocycles. The van der Waals surface area contributed by atoms with E-state index in [4.69, 9.17) is 5.11 Å². The van der Waals surface area contributed by atoms with Crippen molar-refractivity contribution in [3.05, 3.63) is 28.7 Å². The van der Waals surface area contributed by atoms with E-state index in [1.165, 1.54) is 19.3 Å². The van der Waals surface area contributed by atoms with Crippen LogP contribution in [0.4, 0.5) is 5.95 Å². The van der Waals surface area contributed by atoms with Crippen LogP contribution in [0.1, 0.15) is 6.92 Å². The first-order valence-electron chi connectivity index (χ1n) is 2.83. The molecule has 1 N–H and O–H groups in total. The Labute approximate surface area is 62.2 Å². The molecule has 0 aliphatic rings. The molecule has 0 saturated heterocycles. The lowest BCUT2D eigenvalue weighted by atomic mass is 10.6. The average Bonchev–Trinajstić information content (AvgIpc) is 2.32. The predicted octanol–water partition coefficient (Wildman–Crippen LogP) is 0.521. The second-order valence-corrected chi connectivity index (χ2v) is 1.90. The van der Waals surface area contributed by atoms with Gasteiger partial charge in [0.15, 0.2) is 0 Å². The number of hydrogen-bond acceptors (Lipinski definition) is 4. The molecule has 0 aliphatic heterocycles. The van der Waals surface area contributed by atoms with Crippen LogP contribution in [0.5, 0.6) is 0 Å². The van der Waals surface area contributed by atoms with Gasteiger partial charge in [0.1, 0.15) is 12.4 Å². The minimum absolute atomic E-state index is 0.172. The average molecular weight is 156 g/mol. The van der Waals surface area contributed by atoms with Crippen LogP contribution in [0, 0.1) is 16.3 Å². The Morgan fingerprint density at radius 1 is 1.91 bits per heavy atom. The van der Waals surface area contributed by atoms with Crippen LogP contribution in [-0.4, -0.2) is 19.6 Å². The fourth-order valence-electron chi connectivity index (χ4n) is 0.683. The smallest absolute Gasteiger partial charge is 0.390 e. The molecule has 6 heteroatoms. The normalized spacial score (nSPS) is 10.5. The summed E-state index contributed by atoms with van der Waals surface area (Å²) in [6, 6.07) is 0. The van der Waals surface area contributed by atoms with Gasteiger partial charge in [0.2, 0.25) is 0 Å². The zero-order valence-electron chi connectivity index (χ0n) is 5.76. The second-order valence-electron chi connectivity index (χ2n) is 1.90. The fourth-order valence-corrected chi connectivity index (χ4v) is 0.683. The van der Waals surface area contributed by atoms with E-state index >= 15 is 0 Å². The van der Waals surface area contributed by atoms with Gasteiger partial charge < -0.3 is 15.2 Å². The summed E-state index contributed by atoms with van der Waals surface area (Å²) in [5.74, 6) is -0.384. The van der Waals surface area contributed by atoms with Crippen molar-refractivity contribution in [2.24, 2.45) is 0 Å². The molecule has 1 radical (unpaired) electrons. The molecular formula is C5H6N3O3. The maximum atomic E-state index is 10.2. The quantitative estimate of drug-likeness (QED) is 0.500. The van der Waals surface area contributed by atoms with Gasteiger partial charge in [-0.2, -0.15) is 4.57 Å².